The Morgan fingerprint density at radius 1 is 1.12 bits per heavy atom. The standard InChI is InChI=1S/C13H16N2O/c16-12-13(8-4-5-9-13)10-15(14-12)11-6-2-1-3-7-11/h1-3,6-7H,4-5,8-10H2,(H,14,16). The van der Waals surface area contributed by atoms with Crippen LogP contribution in [0.5, 0.6) is 0 Å². The van der Waals surface area contributed by atoms with E-state index in [-0.39, 0.29) is 11.3 Å². The van der Waals surface area contributed by atoms with Crippen LogP contribution in [0.4, 0.5) is 5.69 Å². The highest BCUT2D eigenvalue weighted by Gasteiger charge is 2.47. The van der Waals surface area contributed by atoms with Gasteiger partial charge in [0.1, 0.15) is 0 Å². The van der Waals surface area contributed by atoms with Crippen molar-refractivity contribution in [2.45, 2.75) is 25.7 Å². The zero-order valence-corrected chi connectivity index (χ0v) is 9.28. The molecule has 1 N–H and O–H groups in total. The van der Waals surface area contributed by atoms with Gasteiger partial charge in [0.25, 0.3) is 0 Å². The van der Waals surface area contributed by atoms with Crippen molar-refractivity contribution in [1.82, 2.24) is 5.43 Å². The topological polar surface area (TPSA) is 32.3 Å². The van der Waals surface area contributed by atoms with Crippen molar-refractivity contribution >= 4 is 11.6 Å². The van der Waals surface area contributed by atoms with Crippen LogP contribution in [0, 0.1) is 5.41 Å². The lowest BCUT2D eigenvalue weighted by Crippen LogP contribution is -2.33. The number of para-hydroxylation sites is 1. The van der Waals surface area contributed by atoms with Crippen LogP contribution in [0.25, 0.3) is 0 Å². The van der Waals surface area contributed by atoms with Crippen molar-refractivity contribution in [2.24, 2.45) is 5.41 Å². The minimum absolute atomic E-state index is 0.101. The smallest absolute Gasteiger partial charge is 0.246 e. The molecule has 0 bridgehead atoms. The zero-order valence-electron chi connectivity index (χ0n) is 9.28. The molecule has 3 nitrogen and oxygen atoms in total. The van der Waals surface area contributed by atoms with E-state index in [2.05, 4.69) is 5.43 Å². The molecular weight excluding hydrogens is 200 g/mol. The van der Waals surface area contributed by atoms with Crippen molar-refractivity contribution in [2.75, 3.05) is 11.6 Å². The Bertz CT molecular complexity index is 396. The van der Waals surface area contributed by atoms with Gasteiger partial charge in [-0.15, -0.1) is 0 Å². The molecule has 1 amide bonds. The molecular formula is C13H16N2O. The molecule has 0 radical (unpaired) electrons. The lowest BCUT2D eigenvalue weighted by atomic mass is 9.86. The number of hydrogen-bond donors (Lipinski definition) is 1. The van der Waals surface area contributed by atoms with Gasteiger partial charge in [0.15, 0.2) is 0 Å². The molecule has 0 atom stereocenters. The fourth-order valence-corrected chi connectivity index (χ4v) is 2.86. The molecule has 1 saturated carbocycles. The quantitative estimate of drug-likeness (QED) is 0.779. The molecule has 2 aliphatic rings. The lowest BCUT2D eigenvalue weighted by molar-refractivity contribution is -0.126. The average Bonchev–Trinajstić information content (AvgIpc) is 2.91. The van der Waals surface area contributed by atoms with Crippen LogP contribution in [-0.4, -0.2) is 12.5 Å². The molecule has 2 fully saturated rings. The van der Waals surface area contributed by atoms with Gasteiger partial charge in [0, 0.05) is 0 Å². The van der Waals surface area contributed by atoms with Gasteiger partial charge in [0.2, 0.25) is 5.91 Å². The van der Waals surface area contributed by atoms with Gasteiger partial charge in [-0.05, 0) is 25.0 Å². The van der Waals surface area contributed by atoms with E-state index in [4.69, 9.17) is 0 Å². The summed E-state index contributed by atoms with van der Waals surface area (Å²) >= 11 is 0. The van der Waals surface area contributed by atoms with Gasteiger partial charge in [-0.3, -0.25) is 15.2 Å². The first-order chi connectivity index (χ1) is 7.80. The van der Waals surface area contributed by atoms with E-state index < -0.39 is 0 Å². The maximum Gasteiger partial charge on any atom is 0.246 e. The summed E-state index contributed by atoms with van der Waals surface area (Å²) < 4.78 is 0. The third-order valence-electron chi connectivity index (χ3n) is 3.81. The number of rotatable bonds is 1. The van der Waals surface area contributed by atoms with E-state index in [1.165, 1.54) is 12.8 Å². The van der Waals surface area contributed by atoms with Gasteiger partial charge < -0.3 is 0 Å². The second-order valence-electron chi connectivity index (χ2n) is 4.85. The predicted octanol–water partition coefficient (Wildman–Crippen LogP) is 2.10. The Kier molecular flexibility index (Phi) is 2.13. The van der Waals surface area contributed by atoms with Crippen molar-refractivity contribution < 1.29 is 4.79 Å². The van der Waals surface area contributed by atoms with Gasteiger partial charge in [-0.2, -0.15) is 0 Å². The minimum Gasteiger partial charge on any atom is -0.284 e. The first-order valence-corrected chi connectivity index (χ1v) is 5.94. The normalized spacial score (nSPS) is 22.8. The van der Waals surface area contributed by atoms with E-state index in [9.17, 15) is 4.79 Å². The summed E-state index contributed by atoms with van der Waals surface area (Å²) in [5, 5.41) is 1.99. The van der Waals surface area contributed by atoms with E-state index in [0.717, 1.165) is 25.1 Å². The predicted molar refractivity (Wildman–Crippen MR) is 62.8 cm³/mol. The number of hydrazine groups is 1. The fraction of sp³-hybridized carbons (Fsp3) is 0.462. The summed E-state index contributed by atoms with van der Waals surface area (Å²) in [6, 6.07) is 10.1. The molecule has 1 saturated heterocycles. The van der Waals surface area contributed by atoms with E-state index in [1.807, 2.05) is 35.3 Å². The number of anilines is 1. The van der Waals surface area contributed by atoms with Crippen molar-refractivity contribution in [1.29, 1.82) is 0 Å². The van der Waals surface area contributed by atoms with Crippen molar-refractivity contribution in [3.63, 3.8) is 0 Å². The van der Waals surface area contributed by atoms with Crippen LogP contribution in [0.15, 0.2) is 30.3 Å². The third-order valence-corrected chi connectivity index (χ3v) is 3.81. The first kappa shape index (κ1) is 9.70. The Balaban J connectivity index is 1.84. The fourth-order valence-electron chi connectivity index (χ4n) is 2.86. The summed E-state index contributed by atoms with van der Waals surface area (Å²) in [4.78, 5) is 12.0. The Morgan fingerprint density at radius 3 is 2.50 bits per heavy atom. The number of nitrogens with zero attached hydrogens (tertiary/aromatic N) is 1. The van der Waals surface area contributed by atoms with Crippen LogP contribution in [0.2, 0.25) is 0 Å². The van der Waals surface area contributed by atoms with Gasteiger partial charge in [-0.25, -0.2) is 0 Å². The number of amides is 1. The Labute approximate surface area is 95.4 Å². The average molecular weight is 216 g/mol. The summed E-state index contributed by atoms with van der Waals surface area (Å²) in [6.45, 7) is 0.829. The monoisotopic (exact) mass is 216 g/mol. The molecule has 1 aromatic carbocycles. The third kappa shape index (κ3) is 1.39. The van der Waals surface area contributed by atoms with Crippen LogP contribution in [0.3, 0.4) is 0 Å². The van der Waals surface area contributed by atoms with Crippen LogP contribution >= 0.6 is 0 Å². The molecule has 3 heteroatoms. The Morgan fingerprint density at radius 2 is 1.81 bits per heavy atom. The number of carbonyl (C=O) groups is 1. The molecule has 0 aromatic heterocycles. The summed E-state index contributed by atoms with van der Waals surface area (Å²) in [5.74, 6) is 0.217. The number of nitrogens with one attached hydrogen (secondary N) is 1. The second-order valence-corrected chi connectivity index (χ2v) is 4.85. The first-order valence-electron chi connectivity index (χ1n) is 5.94. The van der Waals surface area contributed by atoms with E-state index >= 15 is 0 Å². The van der Waals surface area contributed by atoms with E-state index in [0.29, 0.717) is 0 Å². The molecule has 3 rings (SSSR count). The van der Waals surface area contributed by atoms with Crippen molar-refractivity contribution in [3.05, 3.63) is 30.3 Å². The van der Waals surface area contributed by atoms with Crippen molar-refractivity contribution in [3.8, 4) is 0 Å². The van der Waals surface area contributed by atoms with Crippen LogP contribution in [-0.2, 0) is 4.79 Å². The highest BCUT2D eigenvalue weighted by atomic mass is 16.2. The van der Waals surface area contributed by atoms with Crippen LogP contribution in [0.1, 0.15) is 25.7 Å². The Hall–Kier alpha value is -1.51. The highest BCUT2D eigenvalue weighted by Crippen LogP contribution is 2.42. The maximum atomic E-state index is 12.0. The van der Waals surface area contributed by atoms with Crippen LogP contribution < -0.4 is 10.4 Å². The second kappa shape index (κ2) is 3.51. The SMILES string of the molecule is O=C1NN(c2ccccc2)CC12CCCC2. The maximum absolute atomic E-state index is 12.0. The molecule has 1 aliphatic carbocycles. The summed E-state index contributed by atoms with van der Waals surface area (Å²) in [6.07, 6.45) is 4.47. The molecule has 1 heterocycles. The largest absolute Gasteiger partial charge is 0.284 e. The minimum atomic E-state index is -0.101. The molecule has 0 unspecified atom stereocenters. The van der Waals surface area contributed by atoms with E-state index in [1.54, 1.807) is 0 Å². The molecule has 1 aliphatic heterocycles. The van der Waals surface area contributed by atoms with Gasteiger partial charge >= 0.3 is 0 Å². The molecule has 1 spiro atoms. The summed E-state index contributed by atoms with van der Waals surface area (Å²) in [7, 11) is 0. The van der Waals surface area contributed by atoms with Gasteiger partial charge in [0.05, 0.1) is 17.6 Å². The number of benzene rings is 1. The lowest BCUT2D eigenvalue weighted by Gasteiger charge is -2.20. The number of carbonyl (C=O) groups excluding carboxylic acids is 1. The highest BCUT2D eigenvalue weighted by molar-refractivity contribution is 5.88. The number of hydrogen-bond acceptors (Lipinski definition) is 2. The zero-order chi connectivity index (χ0) is 11.0. The van der Waals surface area contributed by atoms with Gasteiger partial charge in [-0.1, -0.05) is 31.0 Å². The summed E-state index contributed by atoms with van der Waals surface area (Å²) in [5.41, 5.74) is 3.98. The molecule has 1 aromatic rings. The molecule has 16 heavy (non-hydrogen) atoms. The molecule has 84 valence electrons.